The summed E-state index contributed by atoms with van der Waals surface area (Å²) in [4.78, 5) is 23.8. The highest BCUT2D eigenvalue weighted by Gasteiger charge is 2.31. The average Bonchev–Trinajstić information content (AvgIpc) is 2.44. The van der Waals surface area contributed by atoms with Crippen LogP contribution in [0.15, 0.2) is 27.1 Å². The van der Waals surface area contributed by atoms with Gasteiger partial charge in [-0.2, -0.15) is 0 Å². The van der Waals surface area contributed by atoms with Crippen LogP contribution in [0.4, 0.5) is 0 Å². The van der Waals surface area contributed by atoms with Crippen LogP contribution < -0.4 is 5.32 Å². The van der Waals surface area contributed by atoms with Crippen LogP contribution in [0, 0.1) is 5.92 Å². The molecular formula is C15H17Br2NO3. The molecule has 2 N–H and O–H groups in total. The van der Waals surface area contributed by atoms with Gasteiger partial charge in [0.15, 0.2) is 0 Å². The van der Waals surface area contributed by atoms with Crippen molar-refractivity contribution >= 4 is 43.7 Å². The van der Waals surface area contributed by atoms with E-state index in [1.807, 2.05) is 6.07 Å². The second-order valence-corrected chi connectivity index (χ2v) is 7.18. The lowest BCUT2D eigenvalue weighted by atomic mass is 9.84. The zero-order valence-corrected chi connectivity index (χ0v) is 14.6. The SMILES string of the molecule is O=C(N[C@H](C(=O)O)C1CCCCC1)c1cc(Br)cc(Br)c1. The summed E-state index contributed by atoms with van der Waals surface area (Å²) >= 11 is 6.65. The summed E-state index contributed by atoms with van der Waals surface area (Å²) < 4.78 is 1.54. The van der Waals surface area contributed by atoms with Crippen molar-refractivity contribution in [2.24, 2.45) is 5.92 Å². The van der Waals surface area contributed by atoms with Gasteiger partial charge in [-0.15, -0.1) is 0 Å². The highest BCUT2D eigenvalue weighted by molar-refractivity contribution is 9.11. The second kappa shape index (κ2) is 7.40. The Morgan fingerprint density at radius 1 is 1.10 bits per heavy atom. The Hall–Kier alpha value is -0.880. The first-order valence-electron chi connectivity index (χ1n) is 6.97. The number of halogens is 2. The van der Waals surface area contributed by atoms with Crippen molar-refractivity contribution in [2.45, 2.75) is 38.1 Å². The Bertz CT molecular complexity index is 521. The van der Waals surface area contributed by atoms with Gasteiger partial charge < -0.3 is 10.4 Å². The molecule has 0 aromatic heterocycles. The van der Waals surface area contributed by atoms with E-state index in [1.165, 1.54) is 0 Å². The molecule has 114 valence electrons. The molecule has 1 amide bonds. The zero-order chi connectivity index (χ0) is 15.4. The molecule has 0 bridgehead atoms. The number of carboxylic acids is 1. The normalized spacial score (nSPS) is 17.2. The lowest BCUT2D eigenvalue weighted by Gasteiger charge is -2.28. The van der Waals surface area contributed by atoms with Gasteiger partial charge in [-0.3, -0.25) is 4.79 Å². The lowest BCUT2D eigenvalue weighted by Crippen LogP contribution is -2.46. The highest BCUT2D eigenvalue weighted by atomic mass is 79.9. The first-order valence-corrected chi connectivity index (χ1v) is 8.56. The van der Waals surface area contributed by atoms with Crippen LogP contribution >= 0.6 is 31.9 Å². The molecule has 2 rings (SSSR count). The summed E-state index contributed by atoms with van der Waals surface area (Å²) in [6.07, 6.45) is 4.94. The molecule has 0 spiro atoms. The van der Waals surface area contributed by atoms with Gasteiger partial charge in [0.25, 0.3) is 5.91 Å². The number of benzene rings is 1. The van der Waals surface area contributed by atoms with Crippen LogP contribution in [0.3, 0.4) is 0 Å². The molecule has 0 unspecified atom stereocenters. The largest absolute Gasteiger partial charge is 0.480 e. The maximum absolute atomic E-state index is 12.3. The maximum atomic E-state index is 12.3. The molecule has 0 saturated heterocycles. The Balaban J connectivity index is 2.12. The van der Waals surface area contributed by atoms with Gasteiger partial charge in [0.2, 0.25) is 0 Å². The monoisotopic (exact) mass is 417 g/mol. The van der Waals surface area contributed by atoms with E-state index >= 15 is 0 Å². The predicted octanol–water partition coefficient (Wildman–Crippen LogP) is 3.97. The fourth-order valence-corrected chi connectivity index (χ4v) is 4.05. The summed E-state index contributed by atoms with van der Waals surface area (Å²) in [5, 5.41) is 12.1. The molecule has 1 fully saturated rings. The molecule has 6 heteroatoms. The zero-order valence-electron chi connectivity index (χ0n) is 11.4. The summed E-state index contributed by atoms with van der Waals surface area (Å²) in [7, 11) is 0. The quantitative estimate of drug-likeness (QED) is 0.777. The van der Waals surface area contributed by atoms with E-state index in [0.717, 1.165) is 41.0 Å². The number of nitrogens with one attached hydrogen (secondary N) is 1. The lowest BCUT2D eigenvalue weighted by molar-refractivity contribution is -0.141. The van der Waals surface area contributed by atoms with Crippen LogP contribution in [0.25, 0.3) is 0 Å². The van der Waals surface area contributed by atoms with E-state index in [-0.39, 0.29) is 11.8 Å². The van der Waals surface area contributed by atoms with E-state index < -0.39 is 12.0 Å². The third-order valence-corrected chi connectivity index (χ3v) is 4.71. The minimum Gasteiger partial charge on any atom is -0.480 e. The van der Waals surface area contributed by atoms with E-state index in [0.29, 0.717) is 5.56 Å². The number of carbonyl (C=O) groups excluding carboxylic acids is 1. The topological polar surface area (TPSA) is 66.4 Å². The van der Waals surface area contributed by atoms with Crippen molar-refractivity contribution in [3.05, 3.63) is 32.7 Å². The van der Waals surface area contributed by atoms with Crippen molar-refractivity contribution in [3.63, 3.8) is 0 Å². The Morgan fingerprint density at radius 3 is 2.19 bits per heavy atom. The van der Waals surface area contributed by atoms with E-state index in [4.69, 9.17) is 0 Å². The van der Waals surface area contributed by atoms with E-state index in [2.05, 4.69) is 37.2 Å². The minimum atomic E-state index is -0.954. The first-order chi connectivity index (χ1) is 9.97. The molecule has 1 atom stereocenters. The molecule has 1 saturated carbocycles. The number of hydrogen-bond donors (Lipinski definition) is 2. The van der Waals surface area contributed by atoms with Crippen molar-refractivity contribution < 1.29 is 14.7 Å². The smallest absolute Gasteiger partial charge is 0.326 e. The number of carbonyl (C=O) groups is 2. The fraction of sp³-hybridized carbons (Fsp3) is 0.467. The molecule has 0 radical (unpaired) electrons. The van der Waals surface area contributed by atoms with Crippen molar-refractivity contribution in [1.82, 2.24) is 5.32 Å². The van der Waals surface area contributed by atoms with Gasteiger partial charge in [-0.05, 0) is 37.0 Å². The number of aliphatic carboxylic acids is 1. The Morgan fingerprint density at radius 2 is 1.67 bits per heavy atom. The average molecular weight is 419 g/mol. The van der Waals surface area contributed by atoms with Crippen LogP contribution in [0.2, 0.25) is 0 Å². The van der Waals surface area contributed by atoms with Crippen molar-refractivity contribution in [3.8, 4) is 0 Å². The van der Waals surface area contributed by atoms with Gasteiger partial charge in [0.1, 0.15) is 6.04 Å². The van der Waals surface area contributed by atoms with Crippen LogP contribution in [0.1, 0.15) is 42.5 Å². The van der Waals surface area contributed by atoms with E-state index in [9.17, 15) is 14.7 Å². The molecular weight excluding hydrogens is 402 g/mol. The summed E-state index contributed by atoms with van der Waals surface area (Å²) in [5.74, 6) is -1.28. The number of hydrogen-bond acceptors (Lipinski definition) is 2. The van der Waals surface area contributed by atoms with Crippen LogP contribution in [-0.2, 0) is 4.79 Å². The standard InChI is InChI=1S/C15H17Br2NO3/c16-11-6-10(7-12(17)8-11)14(19)18-13(15(20)21)9-4-2-1-3-5-9/h6-9,13H,1-5H2,(H,18,19)(H,20,21)/t13-/m0/s1. The second-order valence-electron chi connectivity index (χ2n) is 5.35. The third kappa shape index (κ3) is 4.54. The molecule has 1 aromatic rings. The Labute approximate surface area is 140 Å². The highest BCUT2D eigenvalue weighted by Crippen LogP contribution is 2.27. The van der Waals surface area contributed by atoms with Crippen molar-refractivity contribution in [1.29, 1.82) is 0 Å². The first kappa shape index (κ1) is 16.5. The molecule has 21 heavy (non-hydrogen) atoms. The van der Waals surface area contributed by atoms with Gasteiger partial charge in [0, 0.05) is 14.5 Å². The molecule has 1 aliphatic rings. The number of rotatable bonds is 4. The van der Waals surface area contributed by atoms with Crippen molar-refractivity contribution in [2.75, 3.05) is 0 Å². The predicted molar refractivity (Wildman–Crippen MR) is 87.3 cm³/mol. The van der Waals surface area contributed by atoms with Gasteiger partial charge in [0.05, 0.1) is 0 Å². The summed E-state index contributed by atoms with van der Waals surface area (Å²) in [6.45, 7) is 0. The fourth-order valence-electron chi connectivity index (χ4n) is 2.76. The van der Waals surface area contributed by atoms with Gasteiger partial charge in [-0.25, -0.2) is 4.79 Å². The number of carboxylic acid groups (broad SMARTS) is 1. The van der Waals surface area contributed by atoms with Crippen LogP contribution in [-0.4, -0.2) is 23.0 Å². The van der Waals surface area contributed by atoms with Gasteiger partial charge in [-0.1, -0.05) is 51.1 Å². The Kier molecular flexibility index (Phi) is 5.81. The summed E-state index contributed by atoms with van der Waals surface area (Å²) in [5.41, 5.74) is 0.443. The summed E-state index contributed by atoms with van der Waals surface area (Å²) in [6, 6.07) is 4.38. The molecule has 1 aromatic carbocycles. The minimum absolute atomic E-state index is 0.0239. The van der Waals surface area contributed by atoms with E-state index in [1.54, 1.807) is 12.1 Å². The third-order valence-electron chi connectivity index (χ3n) is 3.80. The molecule has 4 nitrogen and oxygen atoms in total. The van der Waals surface area contributed by atoms with Gasteiger partial charge >= 0.3 is 5.97 Å². The number of amides is 1. The van der Waals surface area contributed by atoms with Crippen LogP contribution in [0.5, 0.6) is 0 Å². The molecule has 0 aliphatic heterocycles. The maximum Gasteiger partial charge on any atom is 0.326 e. The molecule has 1 aliphatic carbocycles. The molecule has 0 heterocycles.